The molecule has 4 aromatic rings. The lowest BCUT2D eigenvalue weighted by molar-refractivity contribution is 0.914. The summed E-state index contributed by atoms with van der Waals surface area (Å²) in [6.45, 7) is 0. The Hall–Kier alpha value is -3.26. The van der Waals surface area contributed by atoms with Crippen molar-refractivity contribution in [3.8, 4) is 33.8 Å². The molecule has 0 bridgehead atoms. The van der Waals surface area contributed by atoms with Crippen molar-refractivity contribution in [2.45, 2.75) is 12.8 Å². The van der Waals surface area contributed by atoms with Gasteiger partial charge in [0.2, 0.25) is 0 Å². The molecule has 2 heterocycles. The fourth-order valence-electron chi connectivity index (χ4n) is 3.73. The smallest absolute Gasteiger partial charge is 0.0929 e. The maximum atomic E-state index is 5.14. The minimum Gasteiger partial charge on any atom is -0.254 e. The van der Waals surface area contributed by atoms with E-state index >= 15 is 0 Å². The van der Waals surface area contributed by atoms with Crippen molar-refractivity contribution in [2.24, 2.45) is 0 Å². The molecule has 26 heavy (non-hydrogen) atoms. The molecule has 0 unspecified atom stereocenters. The molecule has 1 aliphatic rings. The van der Waals surface area contributed by atoms with Gasteiger partial charge in [-0.2, -0.15) is 0 Å². The molecule has 0 N–H and O–H groups in total. The summed E-state index contributed by atoms with van der Waals surface area (Å²) in [7, 11) is 0. The lowest BCUT2D eigenvalue weighted by Gasteiger charge is -2.21. The molecule has 0 fully saturated rings. The third kappa shape index (κ3) is 2.51. The Bertz CT molecular complexity index is 1070. The van der Waals surface area contributed by atoms with E-state index < -0.39 is 0 Å². The molecule has 0 saturated heterocycles. The summed E-state index contributed by atoms with van der Waals surface area (Å²) in [5.41, 5.74) is 9.19. The Labute approximate surface area is 153 Å². The summed E-state index contributed by atoms with van der Waals surface area (Å²) >= 11 is 0. The van der Waals surface area contributed by atoms with E-state index in [0.717, 1.165) is 35.5 Å². The third-order valence-corrected chi connectivity index (χ3v) is 5.01. The second-order valence-electron chi connectivity index (χ2n) is 6.64. The molecule has 0 radical (unpaired) electrons. The van der Waals surface area contributed by atoms with Crippen molar-refractivity contribution in [2.75, 3.05) is 0 Å². The zero-order valence-corrected chi connectivity index (χ0v) is 14.4. The van der Waals surface area contributed by atoms with Crippen LogP contribution in [0, 0.1) is 0 Å². The molecule has 0 amide bonds. The lowest BCUT2D eigenvalue weighted by atomic mass is 9.89. The van der Waals surface area contributed by atoms with Gasteiger partial charge in [-0.05, 0) is 41.7 Å². The van der Waals surface area contributed by atoms with E-state index in [0.29, 0.717) is 0 Å². The summed E-state index contributed by atoms with van der Waals surface area (Å²) in [4.78, 5) is 9.77. The van der Waals surface area contributed by atoms with E-state index in [4.69, 9.17) is 4.98 Å². The van der Waals surface area contributed by atoms with Crippen LogP contribution in [-0.4, -0.2) is 9.97 Å². The van der Waals surface area contributed by atoms with Crippen molar-refractivity contribution < 1.29 is 0 Å². The Kier molecular flexibility index (Phi) is 3.60. The molecule has 0 atom stereocenters. The monoisotopic (exact) mass is 334 g/mol. The minimum absolute atomic E-state index is 1.01. The molecular weight excluding hydrogens is 316 g/mol. The van der Waals surface area contributed by atoms with Crippen molar-refractivity contribution >= 4 is 0 Å². The molecule has 2 aromatic heterocycles. The van der Waals surface area contributed by atoms with E-state index in [-0.39, 0.29) is 0 Å². The molecule has 2 heteroatoms. The maximum Gasteiger partial charge on any atom is 0.0929 e. The van der Waals surface area contributed by atoms with E-state index in [1.807, 2.05) is 18.3 Å². The molecule has 0 spiro atoms. The fraction of sp³-hybridized carbons (Fsp3) is 0.0833. The van der Waals surface area contributed by atoms with Gasteiger partial charge in [0.1, 0.15) is 0 Å². The van der Waals surface area contributed by atoms with Crippen molar-refractivity contribution in [3.63, 3.8) is 0 Å². The minimum atomic E-state index is 1.01. The van der Waals surface area contributed by atoms with E-state index in [1.165, 1.54) is 22.3 Å². The van der Waals surface area contributed by atoms with Gasteiger partial charge < -0.3 is 0 Å². The predicted molar refractivity (Wildman–Crippen MR) is 106 cm³/mol. The zero-order valence-electron chi connectivity index (χ0n) is 14.4. The molecule has 2 nitrogen and oxygen atoms in total. The van der Waals surface area contributed by atoms with Crippen LogP contribution < -0.4 is 0 Å². The van der Waals surface area contributed by atoms with Crippen LogP contribution in [-0.2, 0) is 12.8 Å². The Morgan fingerprint density at radius 2 is 1.27 bits per heavy atom. The quantitative estimate of drug-likeness (QED) is 0.478. The standard InChI is InChI=1S/C24H18N2/c1-3-8-17(9-4-1)21-16-20-14-13-19-12-7-15-25-23(19)24(20)26-22(21)18-10-5-2-6-11-18/h1-12,15-16H,13-14H2. The van der Waals surface area contributed by atoms with Crippen LogP contribution in [0.3, 0.4) is 0 Å². The number of aromatic nitrogens is 2. The van der Waals surface area contributed by atoms with Gasteiger partial charge >= 0.3 is 0 Å². The van der Waals surface area contributed by atoms with Crippen LogP contribution in [0.5, 0.6) is 0 Å². The summed E-state index contributed by atoms with van der Waals surface area (Å²) < 4.78 is 0. The van der Waals surface area contributed by atoms with Crippen molar-refractivity contribution in [3.05, 3.63) is 96.2 Å². The predicted octanol–water partition coefficient (Wildman–Crippen LogP) is 5.58. The van der Waals surface area contributed by atoms with Crippen molar-refractivity contribution in [1.82, 2.24) is 9.97 Å². The van der Waals surface area contributed by atoms with Crippen LogP contribution in [0.2, 0.25) is 0 Å². The van der Waals surface area contributed by atoms with Gasteiger partial charge in [0.05, 0.1) is 17.1 Å². The molecule has 2 aromatic carbocycles. The Morgan fingerprint density at radius 1 is 0.577 bits per heavy atom. The second kappa shape index (κ2) is 6.23. The molecule has 0 saturated carbocycles. The first-order chi connectivity index (χ1) is 12.9. The first kappa shape index (κ1) is 15.0. The number of nitrogens with zero attached hydrogens (tertiary/aromatic N) is 2. The first-order valence-corrected chi connectivity index (χ1v) is 8.99. The van der Waals surface area contributed by atoms with E-state index in [2.05, 4.69) is 71.7 Å². The zero-order chi connectivity index (χ0) is 17.3. The highest BCUT2D eigenvalue weighted by molar-refractivity contribution is 5.84. The van der Waals surface area contributed by atoms with Crippen molar-refractivity contribution in [1.29, 1.82) is 0 Å². The summed E-state index contributed by atoms with van der Waals surface area (Å²) in [6.07, 6.45) is 3.90. The number of rotatable bonds is 2. The fourth-order valence-corrected chi connectivity index (χ4v) is 3.73. The van der Waals surface area contributed by atoms with Crippen LogP contribution in [0.25, 0.3) is 33.8 Å². The average Bonchev–Trinajstić information content (AvgIpc) is 2.74. The number of fused-ring (bicyclic) bond motifs is 3. The maximum absolute atomic E-state index is 5.14. The Balaban J connectivity index is 1.79. The van der Waals surface area contributed by atoms with Gasteiger partial charge in [0.15, 0.2) is 0 Å². The van der Waals surface area contributed by atoms with E-state index in [9.17, 15) is 0 Å². The highest BCUT2D eigenvalue weighted by Crippen LogP contribution is 2.38. The summed E-state index contributed by atoms with van der Waals surface area (Å²) in [6, 6.07) is 27.5. The number of hydrogen-bond acceptors (Lipinski definition) is 2. The number of pyridine rings is 2. The molecule has 124 valence electrons. The van der Waals surface area contributed by atoms with Gasteiger partial charge in [-0.25, -0.2) is 4.98 Å². The summed E-state index contributed by atoms with van der Waals surface area (Å²) in [5.74, 6) is 0. The molecule has 5 rings (SSSR count). The first-order valence-electron chi connectivity index (χ1n) is 8.99. The topological polar surface area (TPSA) is 25.8 Å². The SMILES string of the molecule is c1ccc(-c2cc3c(nc2-c2ccccc2)-c2ncccc2CC3)cc1. The lowest BCUT2D eigenvalue weighted by Crippen LogP contribution is -2.08. The van der Waals surface area contributed by atoms with Gasteiger partial charge in [-0.15, -0.1) is 0 Å². The molecule has 0 aliphatic heterocycles. The largest absolute Gasteiger partial charge is 0.254 e. The number of aryl methyl sites for hydroxylation is 2. The molecular formula is C24H18N2. The highest BCUT2D eigenvalue weighted by atomic mass is 14.8. The van der Waals surface area contributed by atoms with Gasteiger partial charge in [0, 0.05) is 17.3 Å². The third-order valence-electron chi connectivity index (χ3n) is 5.01. The number of hydrogen-bond donors (Lipinski definition) is 0. The van der Waals surface area contributed by atoms with Crippen LogP contribution in [0.4, 0.5) is 0 Å². The van der Waals surface area contributed by atoms with Crippen LogP contribution in [0.1, 0.15) is 11.1 Å². The van der Waals surface area contributed by atoms with Gasteiger partial charge in [-0.1, -0.05) is 66.7 Å². The van der Waals surface area contributed by atoms with Crippen LogP contribution in [0.15, 0.2) is 85.1 Å². The van der Waals surface area contributed by atoms with E-state index in [1.54, 1.807) is 0 Å². The average molecular weight is 334 g/mol. The highest BCUT2D eigenvalue weighted by Gasteiger charge is 2.22. The van der Waals surface area contributed by atoms with Gasteiger partial charge in [-0.3, -0.25) is 4.98 Å². The Morgan fingerprint density at radius 3 is 2.04 bits per heavy atom. The van der Waals surface area contributed by atoms with Gasteiger partial charge in [0.25, 0.3) is 0 Å². The summed E-state index contributed by atoms with van der Waals surface area (Å²) in [5, 5.41) is 0. The normalized spacial score (nSPS) is 12.3. The molecule has 1 aliphatic carbocycles. The number of benzene rings is 2. The van der Waals surface area contributed by atoms with Crippen LogP contribution >= 0.6 is 0 Å². The second-order valence-corrected chi connectivity index (χ2v) is 6.64.